The summed E-state index contributed by atoms with van der Waals surface area (Å²) in [6.45, 7) is 1.27. The predicted molar refractivity (Wildman–Crippen MR) is 101 cm³/mol. The average molecular weight is 393 g/mol. The molecular formula is C21H19N3O5. The Labute approximate surface area is 167 Å². The van der Waals surface area contributed by atoms with E-state index >= 15 is 0 Å². The predicted octanol–water partition coefficient (Wildman–Crippen LogP) is 1.70. The number of urea groups is 1. The van der Waals surface area contributed by atoms with Gasteiger partial charge in [-0.25, -0.2) is 4.79 Å². The summed E-state index contributed by atoms with van der Waals surface area (Å²) < 4.78 is 10.6. The van der Waals surface area contributed by atoms with Gasteiger partial charge in [-0.15, -0.1) is 0 Å². The van der Waals surface area contributed by atoms with Crippen LogP contribution in [0.3, 0.4) is 0 Å². The Bertz CT molecular complexity index is 993. The van der Waals surface area contributed by atoms with Crippen molar-refractivity contribution in [2.45, 2.75) is 12.6 Å². The lowest BCUT2D eigenvalue weighted by Crippen LogP contribution is -2.54. The number of imide groups is 1. The van der Waals surface area contributed by atoms with Crippen molar-refractivity contribution in [3.8, 4) is 11.5 Å². The molecule has 2 aromatic rings. The van der Waals surface area contributed by atoms with Crippen molar-refractivity contribution < 1.29 is 23.9 Å². The van der Waals surface area contributed by atoms with Crippen LogP contribution >= 0.6 is 0 Å². The molecule has 0 spiro atoms. The maximum Gasteiger partial charge on any atom is 0.327 e. The van der Waals surface area contributed by atoms with E-state index in [0.29, 0.717) is 30.2 Å². The van der Waals surface area contributed by atoms with Gasteiger partial charge in [-0.2, -0.15) is 0 Å². The van der Waals surface area contributed by atoms with E-state index in [4.69, 9.17) is 9.47 Å². The van der Waals surface area contributed by atoms with E-state index in [1.807, 2.05) is 30.3 Å². The molecule has 0 saturated carbocycles. The Morgan fingerprint density at radius 2 is 1.79 bits per heavy atom. The van der Waals surface area contributed by atoms with Gasteiger partial charge in [0.2, 0.25) is 6.79 Å². The SMILES string of the molecule is O=C(c1ccc2c(c1)OCO2)N1CCN2C(=O)N(Cc3ccccc3)C(=O)[C@@H]2C1. The van der Waals surface area contributed by atoms with E-state index in [1.54, 1.807) is 28.0 Å². The third kappa shape index (κ3) is 2.97. The van der Waals surface area contributed by atoms with Crippen molar-refractivity contribution in [2.75, 3.05) is 26.4 Å². The van der Waals surface area contributed by atoms with Crippen molar-refractivity contribution >= 4 is 17.8 Å². The van der Waals surface area contributed by atoms with Gasteiger partial charge in [0.1, 0.15) is 6.04 Å². The summed E-state index contributed by atoms with van der Waals surface area (Å²) in [5, 5.41) is 0. The second kappa shape index (κ2) is 6.80. The largest absolute Gasteiger partial charge is 0.454 e. The number of hydrogen-bond donors (Lipinski definition) is 0. The maximum absolute atomic E-state index is 13.0. The van der Waals surface area contributed by atoms with Gasteiger partial charge in [0.05, 0.1) is 13.1 Å². The summed E-state index contributed by atoms with van der Waals surface area (Å²) in [5.74, 6) is 0.696. The van der Waals surface area contributed by atoms with Gasteiger partial charge in [0.15, 0.2) is 11.5 Å². The molecule has 1 atom stereocenters. The Hall–Kier alpha value is -3.55. The van der Waals surface area contributed by atoms with Crippen LogP contribution in [0.25, 0.3) is 0 Å². The van der Waals surface area contributed by atoms with Crippen LogP contribution in [0.5, 0.6) is 11.5 Å². The Balaban J connectivity index is 1.32. The minimum absolute atomic E-state index is 0.140. The molecule has 5 rings (SSSR count). The van der Waals surface area contributed by atoms with E-state index in [9.17, 15) is 14.4 Å². The van der Waals surface area contributed by atoms with Gasteiger partial charge in [0.25, 0.3) is 11.8 Å². The number of ether oxygens (including phenoxy) is 2. The molecule has 4 amide bonds. The first kappa shape index (κ1) is 17.5. The molecule has 0 unspecified atom stereocenters. The molecule has 0 aromatic heterocycles. The first-order valence-corrected chi connectivity index (χ1v) is 9.46. The summed E-state index contributed by atoms with van der Waals surface area (Å²) in [7, 11) is 0. The molecule has 3 aliphatic rings. The van der Waals surface area contributed by atoms with Crippen molar-refractivity contribution in [2.24, 2.45) is 0 Å². The smallest absolute Gasteiger partial charge is 0.327 e. The fraction of sp³-hybridized carbons (Fsp3) is 0.286. The third-order valence-corrected chi connectivity index (χ3v) is 5.50. The molecule has 2 saturated heterocycles. The zero-order valence-electron chi connectivity index (χ0n) is 15.6. The zero-order valence-corrected chi connectivity index (χ0v) is 15.6. The second-order valence-electron chi connectivity index (χ2n) is 7.22. The molecule has 8 heteroatoms. The number of hydrogen-bond acceptors (Lipinski definition) is 5. The summed E-state index contributed by atoms with van der Waals surface area (Å²) in [6.07, 6.45) is 0. The first-order chi connectivity index (χ1) is 14.1. The van der Waals surface area contributed by atoms with Crippen LogP contribution in [-0.4, -0.2) is 65.0 Å². The van der Waals surface area contributed by atoms with Crippen LogP contribution in [0.4, 0.5) is 4.79 Å². The lowest BCUT2D eigenvalue weighted by atomic mass is 10.1. The van der Waals surface area contributed by atoms with Crippen LogP contribution in [-0.2, 0) is 11.3 Å². The van der Waals surface area contributed by atoms with E-state index in [1.165, 1.54) is 4.90 Å². The molecule has 2 fully saturated rings. The molecule has 2 aromatic carbocycles. The van der Waals surface area contributed by atoms with E-state index in [0.717, 1.165) is 5.56 Å². The van der Waals surface area contributed by atoms with E-state index in [-0.39, 0.29) is 37.7 Å². The van der Waals surface area contributed by atoms with Crippen LogP contribution in [0, 0.1) is 0 Å². The van der Waals surface area contributed by atoms with E-state index < -0.39 is 6.04 Å². The lowest BCUT2D eigenvalue weighted by molar-refractivity contribution is -0.129. The molecule has 3 aliphatic heterocycles. The fourth-order valence-corrected chi connectivity index (χ4v) is 3.96. The van der Waals surface area contributed by atoms with Gasteiger partial charge in [0, 0.05) is 18.7 Å². The molecular weight excluding hydrogens is 374 g/mol. The van der Waals surface area contributed by atoms with Crippen molar-refractivity contribution in [3.05, 3.63) is 59.7 Å². The molecule has 148 valence electrons. The molecule has 0 aliphatic carbocycles. The highest BCUT2D eigenvalue weighted by Crippen LogP contribution is 2.33. The maximum atomic E-state index is 13.0. The van der Waals surface area contributed by atoms with Crippen molar-refractivity contribution in [1.29, 1.82) is 0 Å². The minimum atomic E-state index is -0.641. The highest BCUT2D eigenvalue weighted by Gasteiger charge is 2.48. The number of piperazine rings is 1. The Morgan fingerprint density at radius 3 is 2.62 bits per heavy atom. The van der Waals surface area contributed by atoms with Gasteiger partial charge >= 0.3 is 6.03 Å². The summed E-state index contributed by atoms with van der Waals surface area (Å²) in [6, 6.07) is 13.5. The molecule has 3 heterocycles. The minimum Gasteiger partial charge on any atom is -0.454 e. The highest BCUT2D eigenvalue weighted by atomic mass is 16.7. The number of fused-ring (bicyclic) bond motifs is 2. The van der Waals surface area contributed by atoms with Crippen LogP contribution in [0.2, 0.25) is 0 Å². The Kier molecular flexibility index (Phi) is 4.12. The number of carbonyl (C=O) groups is 3. The molecule has 0 N–H and O–H groups in total. The lowest BCUT2D eigenvalue weighted by Gasteiger charge is -2.35. The Morgan fingerprint density at radius 1 is 1.00 bits per heavy atom. The third-order valence-electron chi connectivity index (χ3n) is 5.50. The van der Waals surface area contributed by atoms with Gasteiger partial charge in [-0.1, -0.05) is 30.3 Å². The van der Waals surface area contributed by atoms with E-state index in [2.05, 4.69) is 0 Å². The molecule has 29 heavy (non-hydrogen) atoms. The number of carbonyl (C=O) groups excluding carboxylic acids is 3. The quantitative estimate of drug-likeness (QED) is 0.742. The highest BCUT2D eigenvalue weighted by molar-refractivity contribution is 6.05. The second-order valence-corrected chi connectivity index (χ2v) is 7.22. The standard InChI is InChI=1S/C21H19N3O5/c25-19(15-6-7-17-18(10-15)29-13-28-17)22-8-9-23-16(12-22)20(26)24(21(23)27)11-14-4-2-1-3-5-14/h1-7,10,16H,8-9,11-13H2/t16-/m0/s1. The molecule has 0 radical (unpaired) electrons. The fourth-order valence-electron chi connectivity index (χ4n) is 3.96. The van der Waals surface area contributed by atoms with Crippen LogP contribution < -0.4 is 9.47 Å². The number of amides is 4. The zero-order chi connectivity index (χ0) is 20.0. The van der Waals surface area contributed by atoms with Crippen LogP contribution in [0.15, 0.2) is 48.5 Å². The topological polar surface area (TPSA) is 79.4 Å². The van der Waals surface area contributed by atoms with Crippen LogP contribution in [0.1, 0.15) is 15.9 Å². The summed E-state index contributed by atoms with van der Waals surface area (Å²) >= 11 is 0. The van der Waals surface area contributed by atoms with Crippen molar-refractivity contribution in [3.63, 3.8) is 0 Å². The summed E-state index contributed by atoms with van der Waals surface area (Å²) in [4.78, 5) is 43.0. The molecule has 8 nitrogen and oxygen atoms in total. The summed E-state index contributed by atoms with van der Waals surface area (Å²) in [5.41, 5.74) is 1.36. The number of nitrogens with zero attached hydrogens (tertiary/aromatic N) is 3. The first-order valence-electron chi connectivity index (χ1n) is 9.46. The van der Waals surface area contributed by atoms with Gasteiger partial charge < -0.3 is 19.3 Å². The average Bonchev–Trinajstić information content (AvgIpc) is 3.32. The van der Waals surface area contributed by atoms with Gasteiger partial charge in [-0.3, -0.25) is 14.5 Å². The van der Waals surface area contributed by atoms with Gasteiger partial charge in [-0.05, 0) is 23.8 Å². The van der Waals surface area contributed by atoms with Crippen molar-refractivity contribution in [1.82, 2.24) is 14.7 Å². The monoisotopic (exact) mass is 393 g/mol. The number of benzene rings is 2. The number of rotatable bonds is 3. The normalized spacial score (nSPS) is 20.3. The molecule has 0 bridgehead atoms.